The van der Waals surface area contributed by atoms with Gasteiger partial charge in [-0.15, -0.1) is 11.3 Å². The van der Waals surface area contributed by atoms with Gasteiger partial charge in [-0.2, -0.15) is 5.10 Å². The van der Waals surface area contributed by atoms with Gasteiger partial charge in [0, 0.05) is 42.1 Å². The van der Waals surface area contributed by atoms with Crippen LogP contribution < -0.4 is 0 Å². The molecule has 0 radical (unpaired) electrons. The van der Waals surface area contributed by atoms with Gasteiger partial charge in [0.1, 0.15) is 4.83 Å². The molecule has 30 heavy (non-hydrogen) atoms. The number of fused-ring (bicyclic) bond motifs is 1. The average Bonchev–Trinajstić information content (AvgIpc) is 3.35. The molecule has 1 saturated heterocycles. The SMILES string of the molecule is Cc1nn(-c2ccc(Br)cc2)c2sc(C(=O)N3CCN(C4CCCCC4)CC3)cc12. The van der Waals surface area contributed by atoms with Gasteiger partial charge in [-0.25, -0.2) is 4.68 Å². The summed E-state index contributed by atoms with van der Waals surface area (Å²) < 4.78 is 3.00. The lowest BCUT2D eigenvalue weighted by Crippen LogP contribution is -2.52. The Bertz CT molecular complexity index is 1040. The molecule has 1 amide bonds. The summed E-state index contributed by atoms with van der Waals surface area (Å²) in [5.74, 6) is 0.168. The second-order valence-electron chi connectivity index (χ2n) is 8.42. The van der Waals surface area contributed by atoms with Crippen LogP contribution >= 0.6 is 27.3 Å². The normalized spacial score (nSPS) is 18.9. The van der Waals surface area contributed by atoms with Gasteiger partial charge in [0.25, 0.3) is 5.91 Å². The van der Waals surface area contributed by atoms with Gasteiger partial charge in [0.05, 0.1) is 16.3 Å². The van der Waals surface area contributed by atoms with E-state index in [4.69, 9.17) is 5.10 Å². The zero-order valence-corrected chi connectivity index (χ0v) is 19.7. The molecule has 3 heterocycles. The summed E-state index contributed by atoms with van der Waals surface area (Å²) in [5.41, 5.74) is 1.98. The predicted molar refractivity (Wildman–Crippen MR) is 126 cm³/mol. The fraction of sp³-hybridized carbons (Fsp3) is 0.478. The third kappa shape index (κ3) is 3.83. The van der Waals surface area contributed by atoms with Crippen LogP contribution in [-0.4, -0.2) is 57.7 Å². The first-order valence-electron chi connectivity index (χ1n) is 10.9. The average molecular weight is 487 g/mol. The van der Waals surface area contributed by atoms with Crippen LogP contribution in [0.5, 0.6) is 0 Å². The Morgan fingerprint density at radius 2 is 1.77 bits per heavy atom. The topological polar surface area (TPSA) is 41.4 Å². The summed E-state index contributed by atoms with van der Waals surface area (Å²) in [7, 11) is 0. The van der Waals surface area contributed by atoms with E-state index < -0.39 is 0 Å². The molecule has 1 aliphatic heterocycles. The number of aromatic nitrogens is 2. The van der Waals surface area contributed by atoms with Gasteiger partial charge in [-0.05, 0) is 50.1 Å². The molecule has 2 fully saturated rings. The predicted octanol–water partition coefficient (Wildman–Crippen LogP) is 5.25. The van der Waals surface area contributed by atoms with E-state index in [9.17, 15) is 4.79 Å². The van der Waals surface area contributed by atoms with E-state index in [-0.39, 0.29) is 5.91 Å². The second kappa shape index (κ2) is 8.44. The van der Waals surface area contributed by atoms with E-state index in [0.29, 0.717) is 0 Å². The molecule has 5 rings (SSSR count). The molecule has 3 aromatic rings. The van der Waals surface area contributed by atoms with Crippen molar-refractivity contribution in [2.75, 3.05) is 26.2 Å². The number of amides is 1. The first-order chi connectivity index (χ1) is 14.6. The fourth-order valence-electron chi connectivity index (χ4n) is 4.80. The van der Waals surface area contributed by atoms with Crippen LogP contribution in [0.1, 0.15) is 47.5 Å². The number of rotatable bonds is 3. The lowest BCUT2D eigenvalue weighted by atomic mass is 9.94. The number of aryl methyl sites for hydroxylation is 1. The number of hydrogen-bond acceptors (Lipinski definition) is 4. The Morgan fingerprint density at radius 3 is 2.47 bits per heavy atom. The lowest BCUT2D eigenvalue weighted by molar-refractivity contribution is 0.0527. The fourth-order valence-corrected chi connectivity index (χ4v) is 6.22. The summed E-state index contributed by atoms with van der Waals surface area (Å²) in [6, 6.07) is 10.9. The number of benzene rings is 1. The highest BCUT2D eigenvalue weighted by molar-refractivity contribution is 9.10. The summed E-state index contributed by atoms with van der Waals surface area (Å²) in [4.78, 5) is 19.8. The number of thiophene rings is 1. The van der Waals surface area contributed by atoms with Gasteiger partial charge in [-0.1, -0.05) is 35.2 Å². The largest absolute Gasteiger partial charge is 0.335 e. The van der Waals surface area contributed by atoms with Crippen molar-refractivity contribution in [2.24, 2.45) is 0 Å². The van der Waals surface area contributed by atoms with E-state index in [0.717, 1.165) is 63.2 Å². The van der Waals surface area contributed by atoms with Crippen molar-refractivity contribution in [3.8, 4) is 5.69 Å². The third-order valence-electron chi connectivity index (χ3n) is 6.52. The highest BCUT2D eigenvalue weighted by Gasteiger charge is 2.28. The maximum Gasteiger partial charge on any atom is 0.264 e. The summed E-state index contributed by atoms with van der Waals surface area (Å²) in [6.45, 7) is 5.70. The van der Waals surface area contributed by atoms with Gasteiger partial charge in [0.2, 0.25) is 0 Å². The van der Waals surface area contributed by atoms with Gasteiger partial charge in [-0.3, -0.25) is 9.69 Å². The van der Waals surface area contributed by atoms with Crippen molar-refractivity contribution in [3.63, 3.8) is 0 Å². The maximum absolute atomic E-state index is 13.2. The number of carbonyl (C=O) groups excluding carboxylic acids is 1. The molecule has 2 aromatic heterocycles. The minimum atomic E-state index is 0.168. The zero-order valence-electron chi connectivity index (χ0n) is 17.3. The quantitative estimate of drug-likeness (QED) is 0.507. The lowest BCUT2D eigenvalue weighted by Gasteiger charge is -2.40. The Labute approximate surface area is 189 Å². The molecule has 0 spiro atoms. The van der Waals surface area contributed by atoms with E-state index in [1.807, 2.05) is 46.8 Å². The molecule has 0 bridgehead atoms. The van der Waals surface area contributed by atoms with Crippen molar-refractivity contribution in [2.45, 2.75) is 45.1 Å². The molecule has 0 unspecified atom stereocenters. The van der Waals surface area contributed by atoms with Crippen molar-refractivity contribution in [3.05, 3.63) is 45.4 Å². The molecule has 2 aliphatic rings. The van der Waals surface area contributed by atoms with Gasteiger partial charge < -0.3 is 4.90 Å². The Morgan fingerprint density at radius 1 is 1.07 bits per heavy atom. The molecule has 0 atom stereocenters. The van der Waals surface area contributed by atoms with Crippen LogP contribution in [0, 0.1) is 6.92 Å². The van der Waals surface area contributed by atoms with Crippen LogP contribution in [0.25, 0.3) is 15.9 Å². The van der Waals surface area contributed by atoms with Crippen LogP contribution in [0.15, 0.2) is 34.8 Å². The molecule has 1 aromatic carbocycles. The molecule has 1 saturated carbocycles. The van der Waals surface area contributed by atoms with E-state index in [1.165, 1.54) is 32.1 Å². The van der Waals surface area contributed by atoms with E-state index >= 15 is 0 Å². The summed E-state index contributed by atoms with van der Waals surface area (Å²) >= 11 is 5.05. The highest BCUT2D eigenvalue weighted by atomic mass is 79.9. The summed E-state index contributed by atoms with van der Waals surface area (Å²) in [5, 5.41) is 5.78. The van der Waals surface area contributed by atoms with E-state index in [1.54, 1.807) is 11.3 Å². The van der Waals surface area contributed by atoms with E-state index in [2.05, 4.69) is 20.8 Å². The number of nitrogens with zero attached hydrogens (tertiary/aromatic N) is 4. The van der Waals surface area contributed by atoms with Crippen LogP contribution in [0.3, 0.4) is 0 Å². The van der Waals surface area contributed by atoms with Crippen molar-refractivity contribution in [1.29, 1.82) is 0 Å². The molecular formula is C23H27BrN4OS. The molecule has 1 aliphatic carbocycles. The Kier molecular flexibility index (Phi) is 5.69. The Balaban J connectivity index is 1.33. The van der Waals surface area contributed by atoms with Crippen molar-refractivity contribution >= 4 is 43.4 Å². The number of halogens is 1. The van der Waals surface area contributed by atoms with Crippen LogP contribution in [0.4, 0.5) is 0 Å². The maximum atomic E-state index is 13.2. The minimum Gasteiger partial charge on any atom is -0.335 e. The van der Waals surface area contributed by atoms with Crippen LogP contribution in [-0.2, 0) is 0 Å². The second-order valence-corrected chi connectivity index (χ2v) is 10.4. The van der Waals surface area contributed by atoms with Crippen LogP contribution in [0.2, 0.25) is 0 Å². The molecule has 158 valence electrons. The van der Waals surface area contributed by atoms with Crippen molar-refractivity contribution in [1.82, 2.24) is 19.6 Å². The van der Waals surface area contributed by atoms with Gasteiger partial charge in [0.15, 0.2) is 0 Å². The smallest absolute Gasteiger partial charge is 0.264 e. The first-order valence-corrected chi connectivity index (χ1v) is 12.5. The number of piperazine rings is 1. The van der Waals surface area contributed by atoms with Gasteiger partial charge >= 0.3 is 0 Å². The third-order valence-corrected chi connectivity index (χ3v) is 8.15. The summed E-state index contributed by atoms with van der Waals surface area (Å²) in [6.07, 6.45) is 6.77. The Hall–Kier alpha value is -1.70. The number of carbonyl (C=O) groups is 1. The standard InChI is InChI=1S/C23H27BrN4OS/c1-16-20-15-21(30-23(20)28(25-16)19-9-7-17(24)8-10-19)22(29)27-13-11-26(12-14-27)18-5-3-2-4-6-18/h7-10,15,18H,2-6,11-14H2,1H3. The zero-order chi connectivity index (χ0) is 20.7. The first kappa shape index (κ1) is 20.2. The molecule has 7 heteroatoms. The molecular weight excluding hydrogens is 460 g/mol. The number of hydrogen-bond donors (Lipinski definition) is 0. The molecule has 5 nitrogen and oxygen atoms in total. The minimum absolute atomic E-state index is 0.168. The molecule has 0 N–H and O–H groups in total. The monoisotopic (exact) mass is 486 g/mol. The highest BCUT2D eigenvalue weighted by Crippen LogP contribution is 2.32. The van der Waals surface area contributed by atoms with Crippen molar-refractivity contribution < 1.29 is 4.79 Å².